The standard InChI is InChI=1S/C17H13ClN2O3S/c18-15-7-3-6-14(10-15)17(21)19-20-24(22,23)16-9-8-12-4-1-2-5-13(12)11-16/h1-11,20H,(H,19,21). The topological polar surface area (TPSA) is 75.3 Å². The Kier molecular flexibility index (Phi) is 4.53. The van der Waals surface area contributed by atoms with Crippen molar-refractivity contribution in [2.45, 2.75) is 4.90 Å². The molecule has 0 heterocycles. The monoisotopic (exact) mass is 360 g/mol. The van der Waals surface area contributed by atoms with Gasteiger partial charge in [-0.15, -0.1) is 4.83 Å². The van der Waals surface area contributed by atoms with E-state index in [9.17, 15) is 13.2 Å². The molecule has 2 N–H and O–H groups in total. The average Bonchev–Trinajstić information content (AvgIpc) is 2.59. The fraction of sp³-hybridized carbons (Fsp3) is 0. The number of hydrazine groups is 1. The SMILES string of the molecule is O=C(NNS(=O)(=O)c1ccc2ccccc2c1)c1cccc(Cl)c1. The number of nitrogens with one attached hydrogen (secondary N) is 2. The van der Waals surface area contributed by atoms with E-state index in [4.69, 9.17) is 11.6 Å². The zero-order valence-corrected chi connectivity index (χ0v) is 13.9. The van der Waals surface area contributed by atoms with Gasteiger partial charge in [0.1, 0.15) is 0 Å². The minimum Gasteiger partial charge on any atom is -0.273 e. The summed E-state index contributed by atoms with van der Waals surface area (Å²) < 4.78 is 24.7. The molecule has 0 saturated heterocycles. The van der Waals surface area contributed by atoms with Crippen molar-refractivity contribution in [3.05, 3.63) is 77.3 Å². The van der Waals surface area contributed by atoms with Crippen molar-refractivity contribution in [3.63, 3.8) is 0 Å². The molecule has 0 spiro atoms. The third-order valence-electron chi connectivity index (χ3n) is 3.42. The number of halogens is 1. The summed E-state index contributed by atoms with van der Waals surface area (Å²) >= 11 is 5.81. The van der Waals surface area contributed by atoms with E-state index < -0.39 is 15.9 Å². The van der Waals surface area contributed by atoms with Crippen LogP contribution in [0.2, 0.25) is 5.02 Å². The van der Waals surface area contributed by atoms with Gasteiger partial charge in [0, 0.05) is 10.6 Å². The molecule has 24 heavy (non-hydrogen) atoms. The number of fused-ring (bicyclic) bond motifs is 1. The van der Waals surface area contributed by atoms with Gasteiger partial charge in [-0.25, -0.2) is 8.42 Å². The quantitative estimate of drug-likeness (QED) is 0.702. The summed E-state index contributed by atoms with van der Waals surface area (Å²) in [5.41, 5.74) is 2.43. The van der Waals surface area contributed by atoms with Crippen LogP contribution in [0.4, 0.5) is 0 Å². The van der Waals surface area contributed by atoms with E-state index in [0.717, 1.165) is 10.8 Å². The number of benzene rings is 3. The minimum atomic E-state index is -3.88. The molecule has 0 bridgehead atoms. The molecular formula is C17H13ClN2O3S. The minimum absolute atomic E-state index is 0.0626. The second-order valence-electron chi connectivity index (χ2n) is 5.08. The molecule has 3 rings (SSSR count). The third-order valence-corrected chi connectivity index (χ3v) is 4.90. The Balaban J connectivity index is 1.79. The maximum atomic E-state index is 12.3. The summed E-state index contributed by atoms with van der Waals surface area (Å²) in [4.78, 5) is 14.1. The highest BCUT2D eigenvalue weighted by molar-refractivity contribution is 7.89. The highest BCUT2D eigenvalue weighted by Gasteiger charge is 2.16. The Morgan fingerprint density at radius 3 is 2.38 bits per heavy atom. The van der Waals surface area contributed by atoms with Crippen LogP contribution in [0.25, 0.3) is 10.8 Å². The smallest absolute Gasteiger partial charge is 0.266 e. The predicted octanol–water partition coefficient (Wildman–Crippen LogP) is 3.12. The van der Waals surface area contributed by atoms with Gasteiger partial charge in [0.15, 0.2) is 0 Å². The summed E-state index contributed by atoms with van der Waals surface area (Å²) in [5, 5.41) is 2.11. The van der Waals surface area contributed by atoms with E-state index in [0.29, 0.717) is 5.02 Å². The van der Waals surface area contributed by atoms with Crippen molar-refractivity contribution in [1.29, 1.82) is 0 Å². The van der Waals surface area contributed by atoms with Gasteiger partial charge in [-0.05, 0) is 41.1 Å². The van der Waals surface area contributed by atoms with Crippen LogP contribution >= 0.6 is 11.6 Å². The van der Waals surface area contributed by atoms with Gasteiger partial charge in [0.05, 0.1) is 4.90 Å². The zero-order valence-electron chi connectivity index (χ0n) is 12.4. The number of carbonyl (C=O) groups excluding carboxylic acids is 1. The van der Waals surface area contributed by atoms with Crippen LogP contribution in [0.15, 0.2) is 71.6 Å². The van der Waals surface area contributed by atoms with Crippen molar-refractivity contribution >= 4 is 38.3 Å². The fourth-order valence-electron chi connectivity index (χ4n) is 2.21. The Labute approximate surface area is 144 Å². The molecule has 0 aromatic heterocycles. The second-order valence-corrected chi connectivity index (χ2v) is 7.20. The van der Waals surface area contributed by atoms with Gasteiger partial charge in [0.25, 0.3) is 15.9 Å². The highest BCUT2D eigenvalue weighted by atomic mass is 35.5. The lowest BCUT2D eigenvalue weighted by Gasteiger charge is -2.09. The van der Waals surface area contributed by atoms with E-state index in [1.165, 1.54) is 18.2 Å². The van der Waals surface area contributed by atoms with Crippen LogP contribution in [-0.2, 0) is 10.0 Å². The molecule has 0 fully saturated rings. The largest absolute Gasteiger partial charge is 0.273 e. The molecule has 1 amide bonds. The molecule has 0 aliphatic rings. The maximum Gasteiger partial charge on any atom is 0.266 e. The van der Waals surface area contributed by atoms with Gasteiger partial charge >= 0.3 is 0 Å². The Morgan fingerprint density at radius 1 is 0.875 bits per heavy atom. The number of hydrogen-bond acceptors (Lipinski definition) is 3. The van der Waals surface area contributed by atoms with Gasteiger partial charge in [-0.2, -0.15) is 0 Å². The van der Waals surface area contributed by atoms with Gasteiger partial charge < -0.3 is 0 Å². The first-order valence-electron chi connectivity index (χ1n) is 7.02. The first kappa shape index (κ1) is 16.4. The lowest BCUT2D eigenvalue weighted by atomic mass is 10.1. The Hall–Kier alpha value is -2.41. The zero-order chi connectivity index (χ0) is 17.2. The second kappa shape index (κ2) is 6.60. The van der Waals surface area contributed by atoms with E-state index in [-0.39, 0.29) is 10.5 Å². The molecule has 0 unspecified atom stereocenters. The summed E-state index contributed by atoms with van der Waals surface area (Å²) in [6.45, 7) is 0. The van der Waals surface area contributed by atoms with E-state index in [1.807, 2.05) is 24.3 Å². The molecule has 0 radical (unpaired) electrons. The van der Waals surface area contributed by atoms with Crippen LogP contribution in [0, 0.1) is 0 Å². The molecule has 7 heteroatoms. The molecule has 0 atom stereocenters. The lowest BCUT2D eigenvalue weighted by molar-refractivity contribution is 0.0945. The van der Waals surface area contributed by atoms with Crippen molar-refractivity contribution in [2.75, 3.05) is 0 Å². The Bertz CT molecular complexity index is 1020. The number of rotatable bonds is 4. The van der Waals surface area contributed by atoms with Crippen LogP contribution in [0.1, 0.15) is 10.4 Å². The molecule has 3 aromatic rings. The van der Waals surface area contributed by atoms with Crippen LogP contribution in [0.5, 0.6) is 0 Å². The first-order chi connectivity index (χ1) is 11.5. The summed E-state index contributed by atoms with van der Waals surface area (Å²) in [5.74, 6) is -0.595. The Morgan fingerprint density at radius 2 is 1.62 bits per heavy atom. The summed E-state index contributed by atoms with van der Waals surface area (Å²) in [6, 6.07) is 18.4. The highest BCUT2D eigenvalue weighted by Crippen LogP contribution is 2.18. The molecule has 0 aliphatic heterocycles. The molecule has 0 saturated carbocycles. The van der Waals surface area contributed by atoms with E-state index in [2.05, 4.69) is 10.3 Å². The van der Waals surface area contributed by atoms with Crippen molar-refractivity contribution in [1.82, 2.24) is 10.3 Å². The molecule has 3 aromatic carbocycles. The molecular weight excluding hydrogens is 348 g/mol. The first-order valence-corrected chi connectivity index (χ1v) is 8.88. The van der Waals surface area contributed by atoms with Crippen molar-refractivity contribution < 1.29 is 13.2 Å². The maximum absolute atomic E-state index is 12.3. The van der Waals surface area contributed by atoms with Crippen LogP contribution in [-0.4, -0.2) is 14.3 Å². The van der Waals surface area contributed by atoms with Gasteiger partial charge in [0.2, 0.25) is 0 Å². The average molecular weight is 361 g/mol. The number of hydrogen-bond donors (Lipinski definition) is 2. The normalized spacial score (nSPS) is 11.4. The van der Waals surface area contributed by atoms with E-state index in [1.54, 1.807) is 24.3 Å². The number of sulfonamides is 1. The fourth-order valence-corrected chi connectivity index (χ4v) is 3.27. The van der Waals surface area contributed by atoms with Crippen LogP contribution in [0.3, 0.4) is 0 Å². The molecule has 122 valence electrons. The van der Waals surface area contributed by atoms with Crippen molar-refractivity contribution in [3.8, 4) is 0 Å². The molecule has 5 nitrogen and oxygen atoms in total. The summed E-state index contributed by atoms with van der Waals surface area (Å²) in [6.07, 6.45) is 0. The number of amides is 1. The number of carbonyl (C=O) groups is 1. The lowest BCUT2D eigenvalue weighted by Crippen LogP contribution is -2.41. The third kappa shape index (κ3) is 3.56. The van der Waals surface area contributed by atoms with Crippen LogP contribution < -0.4 is 10.3 Å². The van der Waals surface area contributed by atoms with E-state index >= 15 is 0 Å². The molecule has 0 aliphatic carbocycles. The predicted molar refractivity (Wildman–Crippen MR) is 93.2 cm³/mol. The summed E-state index contributed by atoms with van der Waals surface area (Å²) in [7, 11) is -3.88. The van der Waals surface area contributed by atoms with Gasteiger partial charge in [-0.3, -0.25) is 10.2 Å². The van der Waals surface area contributed by atoms with Gasteiger partial charge in [-0.1, -0.05) is 48.0 Å². The van der Waals surface area contributed by atoms with Crippen molar-refractivity contribution in [2.24, 2.45) is 0 Å².